The van der Waals surface area contributed by atoms with Crippen molar-refractivity contribution in [2.75, 3.05) is 13.7 Å². The van der Waals surface area contributed by atoms with E-state index in [0.717, 1.165) is 18.6 Å². The molecule has 0 heterocycles. The fourth-order valence-electron chi connectivity index (χ4n) is 2.23. The Kier molecular flexibility index (Phi) is 4.18. The number of ether oxygens (including phenoxy) is 1. The minimum absolute atomic E-state index is 0.128. The first-order chi connectivity index (χ1) is 8.74. The Bertz CT molecular complexity index is 525. The van der Waals surface area contributed by atoms with Crippen molar-refractivity contribution in [2.45, 2.75) is 18.9 Å². The lowest BCUT2D eigenvalue weighted by atomic mass is 9.98. The Morgan fingerprint density at radius 2 is 2.06 bits per heavy atom. The zero-order valence-corrected chi connectivity index (χ0v) is 10.7. The zero-order chi connectivity index (χ0) is 13.0. The van der Waals surface area contributed by atoms with Crippen LogP contribution in [0.2, 0.25) is 0 Å². The Morgan fingerprint density at radius 3 is 2.78 bits per heavy atom. The summed E-state index contributed by atoms with van der Waals surface area (Å²) in [5.74, 6) is 0.880. The van der Waals surface area contributed by atoms with Gasteiger partial charge < -0.3 is 16.2 Å². The lowest BCUT2D eigenvalue weighted by Crippen LogP contribution is -2.26. The second kappa shape index (κ2) is 5.85. The van der Waals surface area contributed by atoms with Gasteiger partial charge in [0, 0.05) is 6.04 Å². The number of benzene rings is 2. The minimum Gasteiger partial charge on any atom is -0.497 e. The van der Waals surface area contributed by atoms with Crippen molar-refractivity contribution in [1.82, 2.24) is 0 Å². The average Bonchev–Trinajstić information content (AvgIpc) is 2.38. The standard InChI is InChI=1S/C15H20N2O/c1-18-14-5-6-15-11(9-13(17)7-8-16)3-2-4-12(15)10-14/h2-6,10,13H,7-9,16-17H2,1H3. The van der Waals surface area contributed by atoms with Crippen molar-refractivity contribution in [3.63, 3.8) is 0 Å². The zero-order valence-electron chi connectivity index (χ0n) is 10.7. The minimum atomic E-state index is 0.128. The van der Waals surface area contributed by atoms with Gasteiger partial charge >= 0.3 is 0 Å². The van der Waals surface area contributed by atoms with Crippen molar-refractivity contribution in [3.8, 4) is 5.75 Å². The lowest BCUT2D eigenvalue weighted by Gasteiger charge is -2.13. The van der Waals surface area contributed by atoms with Crippen molar-refractivity contribution in [2.24, 2.45) is 11.5 Å². The normalized spacial score (nSPS) is 12.6. The van der Waals surface area contributed by atoms with E-state index in [9.17, 15) is 0 Å². The van der Waals surface area contributed by atoms with E-state index in [2.05, 4.69) is 24.3 Å². The van der Waals surface area contributed by atoms with E-state index < -0.39 is 0 Å². The van der Waals surface area contributed by atoms with Gasteiger partial charge in [0.25, 0.3) is 0 Å². The number of nitrogens with two attached hydrogens (primary N) is 2. The van der Waals surface area contributed by atoms with Gasteiger partial charge in [0.05, 0.1) is 7.11 Å². The SMILES string of the molecule is COc1ccc2c(CC(N)CCN)cccc2c1. The van der Waals surface area contributed by atoms with Crippen LogP contribution in [0.15, 0.2) is 36.4 Å². The van der Waals surface area contributed by atoms with E-state index in [1.165, 1.54) is 16.3 Å². The molecule has 0 fully saturated rings. The van der Waals surface area contributed by atoms with Gasteiger partial charge in [-0.15, -0.1) is 0 Å². The molecule has 2 aromatic carbocycles. The second-order valence-electron chi connectivity index (χ2n) is 4.55. The van der Waals surface area contributed by atoms with Crippen LogP contribution in [0.5, 0.6) is 5.75 Å². The molecule has 2 rings (SSSR count). The first-order valence-corrected chi connectivity index (χ1v) is 6.26. The van der Waals surface area contributed by atoms with E-state index in [0.29, 0.717) is 6.54 Å². The fraction of sp³-hybridized carbons (Fsp3) is 0.333. The van der Waals surface area contributed by atoms with Crippen molar-refractivity contribution in [3.05, 3.63) is 42.0 Å². The molecule has 2 aromatic rings. The molecule has 4 N–H and O–H groups in total. The molecule has 0 saturated heterocycles. The molecule has 1 unspecified atom stereocenters. The number of rotatable bonds is 5. The summed E-state index contributed by atoms with van der Waals surface area (Å²) in [6.07, 6.45) is 1.72. The Morgan fingerprint density at radius 1 is 1.22 bits per heavy atom. The summed E-state index contributed by atoms with van der Waals surface area (Å²) in [5.41, 5.74) is 12.9. The molecule has 0 aromatic heterocycles. The van der Waals surface area contributed by atoms with E-state index >= 15 is 0 Å². The molecule has 0 saturated carbocycles. The second-order valence-corrected chi connectivity index (χ2v) is 4.55. The molecule has 18 heavy (non-hydrogen) atoms. The van der Waals surface area contributed by atoms with Crippen LogP contribution < -0.4 is 16.2 Å². The smallest absolute Gasteiger partial charge is 0.119 e. The third-order valence-corrected chi connectivity index (χ3v) is 3.20. The molecule has 1 atom stereocenters. The van der Waals surface area contributed by atoms with Gasteiger partial charge in [-0.05, 0) is 47.9 Å². The summed E-state index contributed by atoms with van der Waals surface area (Å²) in [4.78, 5) is 0. The van der Waals surface area contributed by atoms with Crippen molar-refractivity contribution in [1.29, 1.82) is 0 Å². The fourth-order valence-corrected chi connectivity index (χ4v) is 2.23. The molecular formula is C15H20N2O. The maximum atomic E-state index is 6.06. The predicted molar refractivity (Wildman–Crippen MR) is 75.9 cm³/mol. The third-order valence-electron chi connectivity index (χ3n) is 3.20. The number of hydrogen-bond donors (Lipinski definition) is 2. The molecule has 96 valence electrons. The summed E-state index contributed by atoms with van der Waals surface area (Å²) < 4.78 is 5.24. The largest absolute Gasteiger partial charge is 0.497 e. The maximum absolute atomic E-state index is 6.06. The summed E-state index contributed by atoms with van der Waals surface area (Å²) in [5, 5.41) is 2.43. The van der Waals surface area contributed by atoms with Gasteiger partial charge in [-0.2, -0.15) is 0 Å². The third kappa shape index (κ3) is 2.81. The summed E-state index contributed by atoms with van der Waals surface area (Å²) >= 11 is 0. The van der Waals surface area contributed by atoms with Gasteiger partial charge in [-0.3, -0.25) is 0 Å². The van der Waals surface area contributed by atoms with Crippen LogP contribution in [-0.4, -0.2) is 19.7 Å². The number of hydrogen-bond acceptors (Lipinski definition) is 3. The summed E-state index contributed by atoms with van der Waals surface area (Å²) in [6.45, 7) is 0.639. The van der Waals surface area contributed by atoms with E-state index in [1.807, 2.05) is 12.1 Å². The highest BCUT2D eigenvalue weighted by Gasteiger charge is 2.07. The van der Waals surface area contributed by atoms with Crippen LogP contribution in [0.4, 0.5) is 0 Å². The van der Waals surface area contributed by atoms with Crippen LogP contribution in [0.25, 0.3) is 10.8 Å². The van der Waals surface area contributed by atoms with Gasteiger partial charge in [0.15, 0.2) is 0 Å². The molecule has 0 aliphatic heterocycles. The van der Waals surface area contributed by atoms with Crippen molar-refractivity contribution >= 4 is 10.8 Å². The Balaban J connectivity index is 2.33. The molecule has 0 spiro atoms. The molecule has 3 nitrogen and oxygen atoms in total. The highest BCUT2D eigenvalue weighted by atomic mass is 16.5. The summed E-state index contributed by atoms with van der Waals surface area (Å²) in [6, 6.07) is 12.5. The molecular weight excluding hydrogens is 224 g/mol. The van der Waals surface area contributed by atoms with Gasteiger partial charge in [0.2, 0.25) is 0 Å². The summed E-state index contributed by atoms with van der Waals surface area (Å²) in [7, 11) is 1.68. The predicted octanol–water partition coefficient (Wildman–Crippen LogP) is 2.07. The van der Waals surface area contributed by atoms with Crippen LogP contribution in [0, 0.1) is 0 Å². The monoisotopic (exact) mass is 244 g/mol. The van der Waals surface area contributed by atoms with Gasteiger partial charge in [-0.25, -0.2) is 0 Å². The number of fused-ring (bicyclic) bond motifs is 1. The molecule has 0 bridgehead atoms. The lowest BCUT2D eigenvalue weighted by molar-refractivity contribution is 0.415. The van der Waals surface area contributed by atoms with Crippen molar-refractivity contribution < 1.29 is 4.74 Å². The number of methoxy groups -OCH3 is 1. The van der Waals surface area contributed by atoms with Crippen LogP contribution in [-0.2, 0) is 6.42 Å². The van der Waals surface area contributed by atoms with E-state index in [1.54, 1.807) is 7.11 Å². The Hall–Kier alpha value is -1.58. The maximum Gasteiger partial charge on any atom is 0.119 e. The highest BCUT2D eigenvalue weighted by molar-refractivity contribution is 5.87. The van der Waals surface area contributed by atoms with E-state index in [4.69, 9.17) is 16.2 Å². The quantitative estimate of drug-likeness (QED) is 0.846. The molecule has 0 amide bonds. The van der Waals surface area contributed by atoms with Crippen LogP contribution >= 0.6 is 0 Å². The van der Waals surface area contributed by atoms with Gasteiger partial charge in [0.1, 0.15) is 5.75 Å². The van der Waals surface area contributed by atoms with E-state index in [-0.39, 0.29) is 6.04 Å². The van der Waals surface area contributed by atoms with Gasteiger partial charge in [-0.1, -0.05) is 24.3 Å². The molecule has 0 aliphatic rings. The topological polar surface area (TPSA) is 61.3 Å². The highest BCUT2D eigenvalue weighted by Crippen LogP contribution is 2.24. The molecule has 0 radical (unpaired) electrons. The van der Waals surface area contributed by atoms with Crippen LogP contribution in [0.3, 0.4) is 0 Å². The molecule has 3 heteroatoms. The van der Waals surface area contributed by atoms with Crippen LogP contribution in [0.1, 0.15) is 12.0 Å². The Labute approximate surface area is 108 Å². The first-order valence-electron chi connectivity index (χ1n) is 6.26. The first kappa shape index (κ1) is 12.9. The molecule has 0 aliphatic carbocycles. The average molecular weight is 244 g/mol.